The molecular weight excluding hydrogens is 281 g/mol. The summed E-state index contributed by atoms with van der Waals surface area (Å²) in [6.07, 6.45) is 7.47. The van der Waals surface area contributed by atoms with Crippen LogP contribution in [0.25, 0.3) is 0 Å². The third-order valence-electron chi connectivity index (χ3n) is 1.95. The van der Waals surface area contributed by atoms with Gasteiger partial charge in [0.05, 0.1) is 6.71 Å². The van der Waals surface area contributed by atoms with Crippen LogP contribution in [0.15, 0.2) is 18.2 Å². The molecule has 4 heteroatoms. The molecule has 0 spiro atoms. The fourth-order valence-corrected chi connectivity index (χ4v) is 1.13. The standard InChI is InChI=1S/C9H14B.2ClH.Zr/c1-9(2,3)10-7-5-4-6-8-10;;;/h4-6H,7H2,1-3H3;2*1H;/q-1;;;+3/p-2. The zero-order chi connectivity index (χ0) is 7.61. The zero-order valence-electron chi connectivity index (χ0n) is 8.27. The first-order chi connectivity index (χ1) is 4.61. The van der Waals surface area contributed by atoms with Gasteiger partial charge in [0.15, 0.2) is 0 Å². The average Bonchev–Trinajstić information content (AvgIpc) is 1.88. The maximum absolute atomic E-state index is 3.35. The van der Waals surface area contributed by atoms with E-state index in [2.05, 4.69) is 38.9 Å². The largest absolute Gasteiger partial charge is 3.00 e. The Morgan fingerprint density at radius 2 is 1.77 bits per heavy atom. The van der Waals surface area contributed by atoms with Crippen molar-refractivity contribution in [3.05, 3.63) is 24.2 Å². The molecule has 0 aromatic rings. The van der Waals surface area contributed by atoms with Crippen molar-refractivity contribution in [2.75, 3.05) is 0 Å². The second-order valence-corrected chi connectivity index (χ2v) is 3.92. The molecule has 71 valence electrons. The molecule has 13 heavy (non-hydrogen) atoms. The molecular formula is C9H14BCl2Zr. The van der Waals surface area contributed by atoms with E-state index in [1.54, 1.807) is 0 Å². The van der Waals surface area contributed by atoms with Crippen LogP contribution >= 0.6 is 0 Å². The number of hydrogen-bond acceptors (Lipinski definition) is 0. The van der Waals surface area contributed by atoms with Crippen LogP contribution in [-0.4, -0.2) is 6.71 Å². The molecule has 0 nitrogen and oxygen atoms in total. The van der Waals surface area contributed by atoms with E-state index in [4.69, 9.17) is 0 Å². The molecule has 1 heterocycles. The van der Waals surface area contributed by atoms with E-state index in [0.29, 0.717) is 12.0 Å². The fourth-order valence-electron chi connectivity index (χ4n) is 1.13. The van der Waals surface area contributed by atoms with Crippen molar-refractivity contribution in [3.63, 3.8) is 0 Å². The number of rotatable bonds is 0. The number of allylic oxidation sites excluding steroid dienone is 3. The first-order valence-electron chi connectivity index (χ1n) is 3.85. The molecule has 0 saturated heterocycles. The molecule has 0 aromatic carbocycles. The number of halogens is 2. The number of hydrogen-bond donors (Lipinski definition) is 0. The Labute approximate surface area is 114 Å². The quantitative estimate of drug-likeness (QED) is 0.325. The van der Waals surface area contributed by atoms with Crippen molar-refractivity contribution in [1.29, 1.82) is 0 Å². The molecule has 0 aromatic heterocycles. The topological polar surface area (TPSA) is 0 Å². The van der Waals surface area contributed by atoms with Gasteiger partial charge in [-0.2, -0.15) is 6.08 Å². The molecule has 0 saturated carbocycles. The summed E-state index contributed by atoms with van der Waals surface area (Å²) >= 11 is 0. The molecule has 1 aliphatic rings. The molecule has 0 amide bonds. The van der Waals surface area contributed by atoms with Crippen LogP contribution in [0.2, 0.25) is 11.6 Å². The molecule has 0 bridgehead atoms. The van der Waals surface area contributed by atoms with E-state index >= 15 is 0 Å². The van der Waals surface area contributed by atoms with Crippen LogP contribution in [0, 0.1) is 5.98 Å². The molecule has 0 aliphatic carbocycles. The Hall–Kier alpha value is 1.01. The van der Waals surface area contributed by atoms with Gasteiger partial charge in [-0.1, -0.05) is 32.4 Å². The smallest absolute Gasteiger partial charge is 1.00 e. The summed E-state index contributed by atoms with van der Waals surface area (Å²) in [5.41, 5.74) is 0. The van der Waals surface area contributed by atoms with Crippen LogP contribution in [0.1, 0.15) is 20.8 Å². The van der Waals surface area contributed by atoms with Gasteiger partial charge in [0.1, 0.15) is 0 Å². The predicted octanol–water partition coefficient (Wildman–Crippen LogP) is -3.24. The van der Waals surface area contributed by atoms with E-state index in [1.807, 2.05) is 6.08 Å². The Bertz CT molecular complexity index is 173. The minimum absolute atomic E-state index is 0. The Morgan fingerprint density at radius 3 is 2.00 bits per heavy atom. The van der Waals surface area contributed by atoms with Gasteiger partial charge in [-0.25, -0.2) is 12.2 Å². The SMILES string of the molecule is CC(C)(C)B1[C-]=CC=CC1.[Cl-].[Cl-].[Zr+3]. The summed E-state index contributed by atoms with van der Waals surface area (Å²) in [6.45, 7) is 7.39. The van der Waals surface area contributed by atoms with Gasteiger partial charge in [0.25, 0.3) is 0 Å². The van der Waals surface area contributed by atoms with Crippen LogP contribution in [-0.2, 0) is 26.2 Å². The predicted molar refractivity (Wildman–Crippen MR) is 47.2 cm³/mol. The molecule has 1 radical (unpaired) electrons. The zero-order valence-corrected chi connectivity index (χ0v) is 12.2. The molecule has 0 atom stereocenters. The second kappa shape index (κ2) is 8.33. The van der Waals surface area contributed by atoms with Crippen molar-refractivity contribution in [2.45, 2.75) is 32.4 Å². The Kier molecular flexibility index (Phi) is 12.5. The molecule has 0 unspecified atom stereocenters. The van der Waals surface area contributed by atoms with Crippen molar-refractivity contribution in [2.24, 2.45) is 0 Å². The summed E-state index contributed by atoms with van der Waals surface area (Å²) in [5.74, 6) is 3.35. The van der Waals surface area contributed by atoms with Gasteiger partial charge in [0, 0.05) is 0 Å². The minimum Gasteiger partial charge on any atom is -1.00 e. The summed E-state index contributed by atoms with van der Waals surface area (Å²) in [6, 6.07) is 0. The first kappa shape index (κ1) is 19.6. The van der Waals surface area contributed by atoms with Gasteiger partial charge < -0.3 is 30.8 Å². The average molecular weight is 295 g/mol. The van der Waals surface area contributed by atoms with E-state index in [1.165, 1.54) is 0 Å². The third kappa shape index (κ3) is 7.00. The van der Waals surface area contributed by atoms with Crippen molar-refractivity contribution in [1.82, 2.24) is 0 Å². The molecule has 0 fully saturated rings. The molecule has 0 N–H and O–H groups in total. The van der Waals surface area contributed by atoms with Crippen molar-refractivity contribution < 1.29 is 51.0 Å². The monoisotopic (exact) mass is 293 g/mol. The van der Waals surface area contributed by atoms with Crippen LogP contribution in [0.4, 0.5) is 0 Å². The Morgan fingerprint density at radius 1 is 1.23 bits per heavy atom. The summed E-state index contributed by atoms with van der Waals surface area (Å²) in [5, 5.41) is 0.376. The summed E-state index contributed by atoms with van der Waals surface area (Å²) in [4.78, 5) is 0. The molecule has 1 rings (SSSR count). The summed E-state index contributed by atoms with van der Waals surface area (Å²) < 4.78 is 0. The van der Waals surface area contributed by atoms with Gasteiger partial charge in [0.2, 0.25) is 0 Å². The van der Waals surface area contributed by atoms with Crippen LogP contribution in [0.5, 0.6) is 0 Å². The minimum atomic E-state index is 0. The van der Waals surface area contributed by atoms with Crippen molar-refractivity contribution >= 4 is 6.71 Å². The Balaban J connectivity index is -0.000000333. The molecule has 1 aliphatic heterocycles. The van der Waals surface area contributed by atoms with Gasteiger partial charge in [-0.3, -0.25) is 0 Å². The first-order valence-corrected chi connectivity index (χ1v) is 3.85. The maximum atomic E-state index is 3.35. The van der Waals surface area contributed by atoms with Gasteiger partial charge in [-0.05, 0) is 0 Å². The fraction of sp³-hybridized carbons (Fsp3) is 0.556. The van der Waals surface area contributed by atoms with E-state index in [-0.39, 0.29) is 51.0 Å². The van der Waals surface area contributed by atoms with Crippen LogP contribution < -0.4 is 24.8 Å². The van der Waals surface area contributed by atoms with Gasteiger partial charge >= 0.3 is 26.2 Å². The second-order valence-electron chi connectivity index (χ2n) is 3.92. The van der Waals surface area contributed by atoms with Crippen molar-refractivity contribution in [3.8, 4) is 0 Å². The summed E-state index contributed by atoms with van der Waals surface area (Å²) in [7, 11) is 0. The van der Waals surface area contributed by atoms with E-state index < -0.39 is 0 Å². The van der Waals surface area contributed by atoms with E-state index in [9.17, 15) is 0 Å². The third-order valence-corrected chi connectivity index (χ3v) is 1.95. The van der Waals surface area contributed by atoms with Crippen LogP contribution in [0.3, 0.4) is 0 Å². The van der Waals surface area contributed by atoms with E-state index in [0.717, 1.165) is 6.32 Å². The maximum Gasteiger partial charge on any atom is 3.00 e. The normalized spacial score (nSPS) is 13.9. The van der Waals surface area contributed by atoms with Gasteiger partial charge in [-0.15, -0.1) is 0 Å².